The number of halogens is 1. The van der Waals surface area contributed by atoms with Crippen LogP contribution in [0.2, 0.25) is 0 Å². The van der Waals surface area contributed by atoms with Crippen molar-refractivity contribution in [3.8, 4) is 0 Å². The number of likely N-dealkylation sites (N-methyl/N-ethyl adjacent to an activating group) is 1. The molecule has 0 aliphatic rings. The molecule has 19 heavy (non-hydrogen) atoms. The van der Waals surface area contributed by atoms with Crippen LogP contribution in [0.5, 0.6) is 0 Å². The molecular formula is C13H18BrN3O2. The summed E-state index contributed by atoms with van der Waals surface area (Å²) >= 11 is 3.20. The Morgan fingerprint density at radius 1 is 1.37 bits per heavy atom. The van der Waals surface area contributed by atoms with Crippen molar-refractivity contribution in [3.63, 3.8) is 0 Å². The van der Waals surface area contributed by atoms with E-state index in [0.29, 0.717) is 17.7 Å². The Morgan fingerprint density at radius 3 is 2.53 bits per heavy atom. The maximum Gasteiger partial charge on any atom is 0.270 e. The molecule has 1 atom stereocenters. The summed E-state index contributed by atoms with van der Waals surface area (Å²) in [4.78, 5) is 29.7. The molecule has 1 N–H and O–H groups in total. The molecule has 1 aromatic rings. The van der Waals surface area contributed by atoms with Gasteiger partial charge in [0.15, 0.2) is 0 Å². The van der Waals surface area contributed by atoms with E-state index in [4.69, 9.17) is 0 Å². The maximum absolute atomic E-state index is 12.0. The first kappa shape index (κ1) is 15.6. The molecule has 0 saturated heterocycles. The van der Waals surface area contributed by atoms with E-state index in [2.05, 4.69) is 26.2 Å². The van der Waals surface area contributed by atoms with E-state index in [1.54, 1.807) is 30.0 Å². The number of amides is 2. The van der Waals surface area contributed by atoms with Gasteiger partial charge in [0.05, 0.1) is 0 Å². The van der Waals surface area contributed by atoms with Crippen molar-refractivity contribution in [2.45, 2.75) is 26.8 Å². The third-order valence-corrected chi connectivity index (χ3v) is 3.18. The van der Waals surface area contributed by atoms with Crippen LogP contribution in [0.15, 0.2) is 22.8 Å². The van der Waals surface area contributed by atoms with Crippen LogP contribution in [0.4, 0.5) is 0 Å². The number of hydrogen-bond donors (Lipinski definition) is 1. The molecule has 0 aromatic carbocycles. The van der Waals surface area contributed by atoms with E-state index >= 15 is 0 Å². The maximum atomic E-state index is 12.0. The molecule has 6 heteroatoms. The zero-order valence-electron chi connectivity index (χ0n) is 11.3. The summed E-state index contributed by atoms with van der Waals surface area (Å²) in [5.41, 5.74) is 0.286. The summed E-state index contributed by atoms with van der Waals surface area (Å²) in [6, 6.07) is 4.51. The zero-order chi connectivity index (χ0) is 14.4. The van der Waals surface area contributed by atoms with E-state index in [0.717, 1.165) is 0 Å². The van der Waals surface area contributed by atoms with Crippen LogP contribution in [0.3, 0.4) is 0 Å². The minimum Gasteiger partial charge on any atom is -0.341 e. The molecule has 104 valence electrons. The quantitative estimate of drug-likeness (QED) is 0.839. The summed E-state index contributed by atoms with van der Waals surface area (Å²) in [6.45, 7) is 6.75. The topological polar surface area (TPSA) is 62.3 Å². The number of hydrogen-bond acceptors (Lipinski definition) is 3. The van der Waals surface area contributed by atoms with E-state index in [-0.39, 0.29) is 17.5 Å². The van der Waals surface area contributed by atoms with Crippen LogP contribution >= 0.6 is 15.9 Å². The number of aromatic nitrogens is 1. The Morgan fingerprint density at radius 2 is 2.00 bits per heavy atom. The van der Waals surface area contributed by atoms with Crippen molar-refractivity contribution in [1.82, 2.24) is 15.2 Å². The van der Waals surface area contributed by atoms with E-state index in [1.807, 2.05) is 13.8 Å². The average molecular weight is 328 g/mol. The van der Waals surface area contributed by atoms with Gasteiger partial charge in [-0.15, -0.1) is 0 Å². The van der Waals surface area contributed by atoms with Crippen molar-refractivity contribution in [1.29, 1.82) is 0 Å². The lowest BCUT2D eigenvalue weighted by Crippen LogP contribution is -2.47. The zero-order valence-corrected chi connectivity index (χ0v) is 12.9. The van der Waals surface area contributed by atoms with Crippen molar-refractivity contribution in [2.75, 3.05) is 13.1 Å². The molecule has 2 amide bonds. The lowest BCUT2D eigenvalue weighted by atomic mass is 10.2. The van der Waals surface area contributed by atoms with Crippen LogP contribution in [-0.4, -0.2) is 40.8 Å². The van der Waals surface area contributed by atoms with Crippen molar-refractivity contribution < 1.29 is 9.59 Å². The summed E-state index contributed by atoms with van der Waals surface area (Å²) < 4.78 is 0.586. The highest BCUT2D eigenvalue weighted by molar-refractivity contribution is 9.10. The second-order valence-corrected chi connectivity index (χ2v) is 4.86. The number of nitrogens with zero attached hydrogens (tertiary/aromatic N) is 2. The molecule has 0 saturated carbocycles. The van der Waals surface area contributed by atoms with Crippen molar-refractivity contribution in [3.05, 3.63) is 28.5 Å². The Kier molecular flexibility index (Phi) is 5.95. The molecule has 0 aliphatic carbocycles. The molecule has 1 aromatic heterocycles. The van der Waals surface area contributed by atoms with Gasteiger partial charge in [0.25, 0.3) is 5.91 Å². The Labute approximate surface area is 121 Å². The molecule has 0 spiro atoms. The number of carbonyl (C=O) groups excluding carboxylic acids is 2. The summed E-state index contributed by atoms with van der Waals surface area (Å²) in [5.74, 6) is -0.442. The summed E-state index contributed by atoms with van der Waals surface area (Å²) in [7, 11) is 0. The minimum absolute atomic E-state index is 0.0895. The van der Waals surface area contributed by atoms with Crippen LogP contribution in [-0.2, 0) is 4.79 Å². The highest BCUT2D eigenvalue weighted by atomic mass is 79.9. The SMILES string of the molecule is CCN(CC)C(=O)C(C)NC(=O)c1cccc(Br)n1. The second kappa shape index (κ2) is 7.23. The standard InChI is InChI=1S/C13H18BrN3O2/c1-4-17(5-2)13(19)9(3)15-12(18)10-7-6-8-11(14)16-10/h6-9H,4-5H2,1-3H3,(H,15,18). The summed E-state index contributed by atoms with van der Waals surface area (Å²) in [6.07, 6.45) is 0. The van der Waals surface area contributed by atoms with Gasteiger partial charge in [-0.05, 0) is 48.8 Å². The minimum atomic E-state index is -0.562. The normalized spacial score (nSPS) is 11.8. The molecule has 1 heterocycles. The molecule has 0 fully saturated rings. The highest BCUT2D eigenvalue weighted by Gasteiger charge is 2.20. The van der Waals surface area contributed by atoms with E-state index in [9.17, 15) is 9.59 Å². The largest absolute Gasteiger partial charge is 0.341 e. The highest BCUT2D eigenvalue weighted by Crippen LogP contribution is 2.06. The molecule has 1 unspecified atom stereocenters. The smallest absolute Gasteiger partial charge is 0.270 e. The molecule has 5 nitrogen and oxygen atoms in total. The van der Waals surface area contributed by atoms with Crippen molar-refractivity contribution in [2.24, 2.45) is 0 Å². The van der Waals surface area contributed by atoms with Gasteiger partial charge in [0, 0.05) is 13.1 Å². The number of rotatable bonds is 5. The number of carbonyl (C=O) groups is 2. The van der Waals surface area contributed by atoms with Gasteiger partial charge in [-0.3, -0.25) is 9.59 Å². The summed E-state index contributed by atoms with van der Waals surface area (Å²) in [5, 5.41) is 2.66. The predicted octanol–water partition coefficient (Wildman–Crippen LogP) is 1.83. The van der Waals surface area contributed by atoms with Crippen molar-refractivity contribution >= 4 is 27.7 Å². The van der Waals surface area contributed by atoms with E-state index in [1.165, 1.54) is 0 Å². The van der Waals surface area contributed by atoms with Gasteiger partial charge in [-0.2, -0.15) is 0 Å². The lowest BCUT2D eigenvalue weighted by Gasteiger charge is -2.23. The molecular weight excluding hydrogens is 310 g/mol. The molecule has 0 bridgehead atoms. The van der Waals surface area contributed by atoms with Gasteiger partial charge in [-0.1, -0.05) is 6.07 Å². The first-order chi connectivity index (χ1) is 8.99. The van der Waals surface area contributed by atoms with Gasteiger partial charge in [-0.25, -0.2) is 4.98 Å². The van der Waals surface area contributed by atoms with Crippen LogP contribution in [0, 0.1) is 0 Å². The first-order valence-electron chi connectivity index (χ1n) is 6.21. The predicted molar refractivity (Wildman–Crippen MR) is 76.8 cm³/mol. The molecule has 0 aliphatic heterocycles. The first-order valence-corrected chi connectivity index (χ1v) is 7.01. The van der Waals surface area contributed by atoms with Crippen LogP contribution in [0.1, 0.15) is 31.3 Å². The fraction of sp³-hybridized carbons (Fsp3) is 0.462. The fourth-order valence-electron chi connectivity index (χ4n) is 1.68. The van der Waals surface area contributed by atoms with Gasteiger partial charge < -0.3 is 10.2 Å². The van der Waals surface area contributed by atoms with Gasteiger partial charge in [0.1, 0.15) is 16.3 Å². The number of nitrogens with one attached hydrogen (secondary N) is 1. The third-order valence-electron chi connectivity index (χ3n) is 2.74. The Bertz CT molecular complexity index is 461. The lowest BCUT2D eigenvalue weighted by molar-refractivity contribution is -0.132. The fourth-order valence-corrected chi connectivity index (χ4v) is 2.02. The van der Waals surface area contributed by atoms with E-state index < -0.39 is 6.04 Å². The monoisotopic (exact) mass is 327 g/mol. The number of pyridine rings is 1. The van der Waals surface area contributed by atoms with Crippen LogP contribution in [0.25, 0.3) is 0 Å². The second-order valence-electron chi connectivity index (χ2n) is 4.05. The Hall–Kier alpha value is -1.43. The van der Waals surface area contributed by atoms with Gasteiger partial charge in [0.2, 0.25) is 5.91 Å². The van der Waals surface area contributed by atoms with Crippen LogP contribution < -0.4 is 5.32 Å². The Balaban J connectivity index is 2.69. The van der Waals surface area contributed by atoms with Gasteiger partial charge >= 0.3 is 0 Å². The average Bonchev–Trinajstić information content (AvgIpc) is 2.39. The molecule has 0 radical (unpaired) electrons. The molecule has 1 rings (SSSR count). The third kappa shape index (κ3) is 4.31.